The van der Waals surface area contributed by atoms with Crippen molar-refractivity contribution in [1.29, 1.82) is 0 Å². The van der Waals surface area contributed by atoms with Crippen molar-refractivity contribution >= 4 is 11.9 Å². The summed E-state index contributed by atoms with van der Waals surface area (Å²) in [5, 5.41) is 0. The van der Waals surface area contributed by atoms with Crippen LogP contribution in [-0.4, -0.2) is 37.9 Å². The summed E-state index contributed by atoms with van der Waals surface area (Å²) in [6, 6.07) is 0. The standard InChI is InChI=1S/C59H100O5/c1-4-7-10-13-16-19-22-25-27-29-31-33-36-39-42-45-48-51-54-62-55-57(64-59(61)53-50-47-44-41-38-34-24-21-18-15-12-9-6-3)56-63-58(60)52-49-46-43-40-37-35-32-30-28-26-23-20-17-14-11-8-5-2/h7-8,10-11,16-17,19-20,25-28,31-33,35,57H,4-6,9,12-15,18,21-24,29-30,34,36-56H2,1-3H3/b10-7-,11-8-,19-16-,20-17-,27-25-,28-26-,33-31-,35-32-. The molecule has 64 heavy (non-hydrogen) atoms. The van der Waals surface area contributed by atoms with E-state index in [4.69, 9.17) is 14.2 Å². The smallest absolute Gasteiger partial charge is 0.306 e. The fourth-order valence-corrected chi connectivity index (χ4v) is 7.20. The molecule has 0 N–H and O–H groups in total. The van der Waals surface area contributed by atoms with Crippen molar-refractivity contribution in [3.8, 4) is 0 Å². The average Bonchev–Trinajstić information content (AvgIpc) is 3.30. The highest BCUT2D eigenvalue weighted by atomic mass is 16.6. The molecule has 0 saturated heterocycles. The van der Waals surface area contributed by atoms with E-state index >= 15 is 0 Å². The van der Waals surface area contributed by atoms with Gasteiger partial charge in [-0.1, -0.05) is 227 Å². The van der Waals surface area contributed by atoms with Gasteiger partial charge in [-0.15, -0.1) is 0 Å². The molecule has 0 rings (SSSR count). The van der Waals surface area contributed by atoms with E-state index < -0.39 is 6.10 Å². The zero-order chi connectivity index (χ0) is 46.3. The van der Waals surface area contributed by atoms with Gasteiger partial charge < -0.3 is 14.2 Å². The Bertz CT molecular complexity index is 1230. The Hall–Kier alpha value is -3.18. The van der Waals surface area contributed by atoms with E-state index in [0.717, 1.165) is 116 Å². The van der Waals surface area contributed by atoms with Gasteiger partial charge in [-0.25, -0.2) is 0 Å². The predicted molar refractivity (Wildman–Crippen MR) is 279 cm³/mol. The maximum atomic E-state index is 12.8. The van der Waals surface area contributed by atoms with Crippen LogP contribution in [0.4, 0.5) is 0 Å². The molecule has 0 aliphatic heterocycles. The number of ether oxygens (including phenoxy) is 3. The van der Waals surface area contributed by atoms with Crippen molar-refractivity contribution in [2.75, 3.05) is 19.8 Å². The molecule has 0 aliphatic carbocycles. The molecule has 0 spiro atoms. The minimum atomic E-state index is -0.560. The van der Waals surface area contributed by atoms with Crippen LogP contribution in [0.25, 0.3) is 0 Å². The monoisotopic (exact) mass is 889 g/mol. The molecule has 1 atom stereocenters. The molecule has 0 radical (unpaired) electrons. The van der Waals surface area contributed by atoms with Gasteiger partial charge in [0, 0.05) is 19.4 Å². The summed E-state index contributed by atoms with van der Waals surface area (Å²) in [5.41, 5.74) is 0. The molecule has 0 aromatic rings. The lowest BCUT2D eigenvalue weighted by Crippen LogP contribution is -2.30. The third kappa shape index (κ3) is 51.5. The lowest BCUT2D eigenvalue weighted by Gasteiger charge is -2.18. The number of hydrogen-bond donors (Lipinski definition) is 0. The first-order chi connectivity index (χ1) is 31.6. The zero-order valence-electron chi connectivity index (χ0n) is 42.0. The molecule has 0 aromatic carbocycles. The Morgan fingerprint density at radius 1 is 0.359 bits per heavy atom. The molecule has 0 bridgehead atoms. The highest BCUT2D eigenvalue weighted by molar-refractivity contribution is 5.70. The van der Waals surface area contributed by atoms with Crippen LogP contribution in [-0.2, 0) is 23.8 Å². The molecule has 0 fully saturated rings. The van der Waals surface area contributed by atoms with E-state index in [-0.39, 0.29) is 25.2 Å². The molecule has 1 unspecified atom stereocenters. The highest BCUT2D eigenvalue weighted by Crippen LogP contribution is 2.14. The molecule has 0 saturated carbocycles. The number of carbonyl (C=O) groups is 2. The Kier molecular flexibility index (Phi) is 51.5. The number of hydrogen-bond acceptors (Lipinski definition) is 5. The first kappa shape index (κ1) is 60.8. The van der Waals surface area contributed by atoms with E-state index in [1.807, 2.05) is 0 Å². The number of esters is 2. The van der Waals surface area contributed by atoms with Gasteiger partial charge in [0.1, 0.15) is 6.61 Å². The Morgan fingerprint density at radius 3 is 1.12 bits per heavy atom. The summed E-state index contributed by atoms with van der Waals surface area (Å²) in [5.74, 6) is -0.434. The van der Waals surface area contributed by atoms with Gasteiger partial charge in [0.15, 0.2) is 6.10 Å². The van der Waals surface area contributed by atoms with Crippen molar-refractivity contribution in [2.45, 2.75) is 245 Å². The third-order valence-corrected chi connectivity index (χ3v) is 11.1. The number of allylic oxidation sites excluding steroid dienone is 16. The third-order valence-electron chi connectivity index (χ3n) is 11.1. The predicted octanol–water partition coefficient (Wildman–Crippen LogP) is 18.2. The van der Waals surface area contributed by atoms with Crippen molar-refractivity contribution in [1.82, 2.24) is 0 Å². The van der Waals surface area contributed by atoms with Crippen molar-refractivity contribution < 1.29 is 23.8 Å². The van der Waals surface area contributed by atoms with Gasteiger partial charge in [0.25, 0.3) is 0 Å². The van der Waals surface area contributed by atoms with E-state index in [2.05, 4.69) is 118 Å². The quantitative estimate of drug-likeness (QED) is 0.0346. The summed E-state index contributed by atoms with van der Waals surface area (Å²) in [6.07, 6.45) is 72.7. The van der Waals surface area contributed by atoms with Crippen molar-refractivity contribution in [3.05, 3.63) is 97.2 Å². The second kappa shape index (κ2) is 54.2. The van der Waals surface area contributed by atoms with Gasteiger partial charge in [0.05, 0.1) is 6.61 Å². The van der Waals surface area contributed by atoms with Gasteiger partial charge in [-0.2, -0.15) is 0 Å². The molecular weight excluding hydrogens is 789 g/mol. The molecule has 0 amide bonds. The van der Waals surface area contributed by atoms with Crippen molar-refractivity contribution in [3.63, 3.8) is 0 Å². The number of rotatable bonds is 48. The Morgan fingerprint density at radius 2 is 0.703 bits per heavy atom. The fraction of sp³-hybridized carbons (Fsp3) is 0.695. The summed E-state index contributed by atoms with van der Waals surface area (Å²) < 4.78 is 17.4. The maximum Gasteiger partial charge on any atom is 0.306 e. The van der Waals surface area contributed by atoms with Gasteiger partial charge in [0.2, 0.25) is 0 Å². The van der Waals surface area contributed by atoms with Crippen LogP contribution in [0.2, 0.25) is 0 Å². The van der Waals surface area contributed by atoms with Gasteiger partial charge in [-0.05, 0) is 96.3 Å². The first-order valence-corrected chi connectivity index (χ1v) is 26.8. The van der Waals surface area contributed by atoms with Crippen LogP contribution in [0.5, 0.6) is 0 Å². The highest BCUT2D eigenvalue weighted by Gasteiger charge is 2.17. The molecule has 0 aliphatic rings. The lowest BCUT2D eigenvalue weighted by atomic mass is 10.0. The topological polar surface area (TPSA) is 61.8 Å². The van der Waals surface area contributed by atoms with Crippen LogP contribution < -0.4 is 0 Å². The summed E-state index contributed by atoms with van der Waals surface area (Å²) in [6.45, 7) is 7.54. The van der Waals surface area contributed by atoms with Crippen LogP contribution in [0.3, 0.4) is 0 Å². The molecular formula is C59H100O5. The van der Waals surface area contributed by atoms with E-state index in [0.29, 0.717) is 19.4 Å². The van der Waals surface area contributed by atoms with E-state index in [9.17, 15) is 9.59 Å². The van der Waals surface area contributed by atoms with E-state index in [1.54, 1.807) is 0 Å². The van der Waals surface area contributed by atoms with Crippen LogP contribution in [0, 0.1) is 0 Å². The second-order valence-electron chi connectivity index (χ2n) is 17.4. The van der Waals surface area contributed by atoms with Crippen LogP contribution in [0.15, 0.2) is 97.2 Å². The summed E-state index contributed by atoms with van der Waals surface area (Å²) in [7, 11) is 0. The van der Waals surface area contributed by atoms with Crippen LogP contribution in [0.1, 0.15) is 239 Å². The SMILES string of the molecule is CC/C=C\C/C=C\C/C=C\C/C=C\CCCCCCCOCC(COC(=O)CCCCCC/C=C\C/C=C\C/C=C\C/C=C\CC)OC(=O)CCCCCCCCCCCCCCC. The summed E-state index contributed by atoms with van der Waals surface area (Å²) >= 11 is 0. The molecule has 5 heteroatoms. The maximum absolute atomic E-state index is 12.8. The van der Waals surface area contributed by atoms with Gasteiger partial charge in [-0.3, -0.25) is 9.59 Å². The molecule has 5 nitrogen and oxygen atoms in total. The molecule has 0 aromatic heterocycles. The Labute approximate surface area is 396 Å². The van der Waals surface area contributed by atoms with Crippen molar-refractivity contribution in [2.24, 2.45) is 0 Å². The minimum Gasteiger partial charge on any atom is -0.462 e. The number of unbranched alkanes of at least 4 members (excludes halogenated alkanes) is 21. The molecule has 366 valence electrons. The van der Waals surface area contributed by atoms with E-state index in [1.165, 1.54) is 89.9 Å². The zero-order valence-corrected chi connectivity index (χ0v) is 42.0. The fourth-order valence-electron chi connectivity index (χ4n) is 7.20. The Balaban J connectivity index is 4.35. The molecule has 0 heterocycles. The lowest BCUT2D eigenvalue weighted by molar-refractivity contribution is -0.163. The largest absolute Gasteiger partial charge is 0.462 e. The first-order valence-electron chi connectivity index (χ1n) is 26.8. The summed E-state index contributed by atoms with van der Waals surface area (Å²) in [4.78, 5) is 25.4. The normalized spacial score (nSPS) is 13.0. The van der Waals surface area contributed by atoms with Crippen LogP contribution >= 0.6 is 0 Å². The minimum absolute atomic E-state index is 0.0618. The number of carbonyl (C=O) groups excluding carboxylic acids is 2. The average molecular weight is 889 g/mol. The second-order valence-corrected chi connectivity index (χ2v) is 17.4. The van der Waals surface area contributed by atoms with Gasteiger partial charge >= 0.3 is 11.9 Å².